The molecule has 0 saturated carbocycles. The first-order valence-corrected chi connectivity index (χ1v) is 6.22. The van der Waals surface area contributed by atoms with Crippen LogP contribution in [0, 0.1) is 0 Å². The van der Waals surface area contributed by atoms with E-state index in [2.05, 4.69) is 15.9 Å². The second-order valence-electron chi connectivity index (χ2n) is 4.21. The Hall–Kier alpha value is -1.16. The summed E-state index contributed by atoms with van der Waals surface area (Å²) in [6.45, 7) is 0. The Bertz CT molecular complexity index is 580. The summed E-state index contributed by atoms with van der Waals surface area (Å²) in [6, 6.07) is 13.3. The van der Waals surface area contributed by atoms with Crippen molar-refractivity contribution >= 4 is 15.9 Å². The normalized spacial score (nSPS) is 21.8. The van der Waals surface area contributed by atoms with Crippen LogP contribution in [-0.2, 0) is 0 Å². The van der Waals surface area contributed by atoms with Gasteiger partial charge in [0.15, 0.2) is 0 Å². The molecule has 0 radical (unpaired) electrons. The van der Waals surface area contributed by atoms with Crippen LogP contribution in [0.15, 0.2) is 46.9 Å². The lowest BCUT2D eigenvalue weighted by Crippen LogP contribution is -2.17. The average molecular weight is 291 g/mol. The van der Waals surface area contributed by atoms with Crippen LogP contribution in [0.4, 0.5) is 0 Å². The molecule has 3 heteroatoms. The molecule has 0 saturated heterocycles. The quantitative estimate of drug-likeness (QED) is 0.782. The van der Waals surface area contributed by atoms with Crippen LogP contribution >= 0.6 is 15.9 Å². The van der Waals surface area contributed by atoms with Crippen molar-refractivity contribution in [3.8, 4) is 11.1 Å². The van der Waals surface area contributed by atoms with E-state index in [0.29, 0.717) is 0 Å². The second kappa shape index (κ2) is 3.95. The molecule has 2 aromatic rings. The molecular weight excluding hydrogens is 280 g/mol. The number of halogens is 1. The molecule has 2 aromatic carbocycles. The second-order valence-corrected chi connectivity index (χ2v) is 5.12. The van der Waals surface area contributed by atoms with Gasteiger partial charge in [0, 0.05) is 4.47 Å². The molecule has 0 unspecified atom stereocenters. The lowest BCUT2D eigenvalue weighted by Gasteiger charge is -2.29. The van der Waals surface area contributed by atoms with Gasteiger partial charge < -0.3 is 10.2 Å². The average Bonchev–Trinajstić information content (AvgIpc) is 2.36. The van der Waals surface area contributed by atoms with Crippen molar-refractivity contribution < 1.29 is 10.2 Å². The van der Waals surface area contributed by atoms with Crippen molar-refractivity contribution in [3.05, 3.63) is 58.1 Å². The number of hydrogen-bond acceptors (Lipinski definition) is 2. The van der Waals surface area contributed by atoms with Gasteiger partial charge in [0.2, 0.25) is 0 Å². The number of hydrogen-bond donors (Lipinski definition) is 2. The molecule has 2 nitrogen and oxygen atoms in total. The van der Waals surface area contributed by atoms with Crippen LogP contribution in [0.25, 0.3) is 11.1 Å². The maximum Gasteiger partial charge on any atom is 0.110 e. The Morgan fingerprint density at radius 2 is 1.47 bits per heavy atom. The zero-order valence-corrected chi connectivity index (χ0v) is 10.6. The molecule has 0 aromatic heterocycles. The Kier molecular flexibility index (Phi) is 2.54. The summed E-state index contributed by atoms with van der Waals surface area (Å²) >= 11 is 3.43. The standard InChI is InChI=1S/C14H11BrO2/c15-8-5-6-11-12(7-8)9-3-1-2-4-10(9)13(16)14(11)17/h1-7,13-14,16-17H/t13-,14+/m1/s1. The Morgan fingerprint density at radius 1 is 0.824 bits per heavy atom. The SMILES string of the molecule is O[C@@H]1c2ccccc2-c2cc(Br)ccc2[C@@H]1O. The molecule has 0 amide bonds. The van der Waals surface area contributed by atoms with Crippen molar-refractivity contribution in [1.82, 2.24) is 0 Å². The lowest BCUT2D eigenvalue weighted by atomic mass is 9.82. The van der Waals surface area contributed by atoms with Crippen LogP contribution in [-0.4, -0.2) is 10.2 Å². The maximum atomic E-state index is 10.1. The third kappa shape index (κ3) is 1.62. The van der Waals surface area contributed by atoms with E-state index in [0.717, 1.165) is 26.7 Å². The third-order valence-corrected chi connectivity index (χ3v) is 3.70. The van der Waals surface area contributed by atoms with Gasteiger partial charge in [-0.2, -0.15) is 0 Å². The minimum Gasteiger partial charge on any atom is -0.385 e. The molecule has 0 bridgehead atoms. The summed E-state index contributed by atoms with van der Waals surface area (Å²) in [5.41, 5.74) is 3.53. The smallest absolute Gasteiger partial charge is 0.110 e. The number of aliphatic hydroxyl groups is 2. The van der Waals surface area contributed by atoms with Gasteiger partial charge in [0.1, 0.15) is 12.2 Å². The monoisotopic (exact) mass is 290 g/mol. The number of benzene rings is 2. The zero-order valence-electron chi connectivity index (χ0n) is 8.97. The molecule has 2 N–H and O–H groups in total. The van der Waals surface area contributed by atoms with Gasteiger partial charge in [-0.15, -0.1) is 0 Å². The molecule has 3 rings (SSSR count). The van der Waals surface area contributed by atoms with Crippen molar-refractivity contribution in [2.45, 2.75) is 12.2 Å². The van der Waals surface area contributed by atoms with Crippen molar-refractivity contribution in [2.75, 3.05) is 0 Å². The van der Waals surface area contributed by atoms with E-state index < -0.39 is 12.2 Å². The highest BCUT2D eigenvalue weighted by molar-refractivity contribution is 9.10. The Morgan fingerprint density at radius 3 is 2.24 bits per heavy atom. The highest BCUT2D eigenvalue weighted by atomic mass is 79.9. The lowest BCUT2D eigenvalue weighted by molar-refractivity contribution is 0.0158. The summed E-state index contributed by atoms with van der Waals surface area (Å²) < 4.78 is 0.967. The predicted molar refractivity (Wildman–Crippen MR) is 69.5 cm³/mol. The third-order valence-electron chi connectivity index (χ3n) is 3.20. The first-order chi connectivity index (χ1) is 8.18. The Balaban J connectivity index is 2.33. The summed E-state index contributed by atoms with van der Waals surface area (Å²) in [7, 11) is 0. The van der Waals surface area contributed by atoms with E-state index in [1.807, 2.05) is 42.5 Å². The van der Waals surface area contributed by atoms with Crippen LogP contribution in [0.2, 0.25) is 0 Å². The molecule has 86 valence electrons. The van der Waals surface area contributed by atoms with Crippen LogP contribution in [0.1, 0.15) is 23.3 Å². The highest BCUT2D eigenvalue weighted by Crippen LogP contribution is 2.44. The van der Waals surface area contributed by atoms with Gasteiger partial charge in [-0.1, -0.05) is 46.3 Å². The van der Waals surface area contributed by atoms with Gasteiger partial charge in [-0.05, 0) is 34.4 Å². The van der Waals surface area contributed by atoms with Crippen molar-refractivity contribution in [3.63, 3.8) is 0 Å². The summed E-state index contributed by atoms with van der Waals surface area (Å²) in [4.78, 5) is 0. The molecule has 1 aliphatic rings. The van der Waals surface area contributed by atoms with Gasteiger partial charge in [0.05, 0.1) is 0 Å². The number of rotatable bonds is 0. The van der Waals surface area contributed by atoms with E-state index in [9.17, 15) is 10.2 Å². The number of aliphatic hydroxyl groups excluding tert-OH is 2. The first kappa shape index (κ1) is 11.0. The molecule has 0 aliphatic heterocycles. The Labute approximate surface area is 108 Å². The minimum atomic E-state index is -0.854. The van der Waals surface area contributed by atoms with E-state index in [4.69, 9.17) is 0 Å². The largest absolute Gasteiger partial charge is 0.385 e. The van der Waals surface area contributed by atoms with Crippen LogP contribution < -0.4 is 0 Å². The molecule has 0 heterocycles. The van der Waals surface area contributed by atoms with E-state index in [-0.39, 0.29) is 0 Å². The van der Waals surface area contributed by atoms with Crippen LogP contribution in [0.3, 0.4) is 0 Å². The molecular formula is C14H11BrO2. The molecule has 0 spiro atoms. The molecule has 2 atom stereocenters. The van der Waals surface area contributed by atoms with Gasteiger partial charge in [-0.25, -0.2) is 0 Å². The fourth-order valence-electron chi connectivity index (χ4n) is 2.36. The fourth-order valence-corrected chi connectivity index (χ4v) is 2.72. The fraction of sp³-hybridized carbons (Fsp3) is 0.143. The van der Waals surface area contributed by atoms with Gasteiger partial charge in [0.25, 0.3) is 0 Å². The highest BCUT2D eigenvalue weighted by Gasteiger charge is 2.30. The summed E-state index contributed by atoms with van der Waals surface area (Å²) in [6.07, 6.45) is -1.70. The van der Waals surface area contributed by atoms with E-state index in [1.165, 1.54) is 0 Å². The summed E-state index contributed by atoms with van der Waals surface area (Å²) in [5, 5.41) is 20.2. The van der Waals surface area contributed by atoms with Crippen molar-refractivity contribution in [1.29, 1.82) is 0 Å². The van der Waals surface area contributed by atoms with Gasteiger partial charge >= 0.3 is 0 Å². The number of fused-ring (bicyclic) bond motifs is 3. The summed E-state index contributed by atoms with van der Waals surface area (Å²) in [5.74, 6) is 0. The minimum absolute atomic E-state index is 0.777. The topological polar surface area (TPSA) is 40.5 Å². The van der Waals surface area contributed by atoms with Crippen molar-refractivity contribution in [2.24, 2.45) is 0 Å². The molecule has 0 fully saturated rings. The van der Waals surface area contributed by atoms with E-state index in [1.54, 1.807) is 0 Å². The molecule has 17 heavy (non-hydrogen) atoms. The van der Waals surface area contributed by atoms with Crippen LogP contribution in [0.5, 0.6) is 0 Å². The molecule has 1 aliphatic carbocycles. The predicted octanol–water partition coefficient (Wildman–Crippen LogP) is 3.20. The van der Waals surface area contributed by atoms with Gasteiger partial charge in [-0.3, -0.25) is 0 Å². The zero-order chi connectivity index (χ0) is 12.0. The van der Waals surface area contributed by atoms with E-state index >= 15 is 0 Å². The first-order valence-electron chi connectivity index (χ1n) is 5.43. The maximum absolute atomic E-state index is 10.1.